The fourth-order valence-electron chi connectivity index (χ4n) is 1.58. The van der Waals surface area contributed by atoms with Gasteiger partial charge in [-0.15, -0.1) is 11.3 Å². The first kappa shape index (κ1) is 12.7. The molecule has 2 aromatic rings. The van der Waals surface area contributed by atoms with Gasteiger partial charge in [0.2, 0.25) is 0 Å². The zero-order chi connectivity index (χ0) is 13.5. The number of fused-ring (bicyclic) bond motifs is 1. The maximum absolute atomic E-state index is 12.6. The van der Waals surface area contributed by atoms with Gasteiger partial charge in [-0.05, 0) is 18.2 Å². The number of nitrogens with two attached hydrogens (primary N) is 1. The SMILES string of the molecule is CNC(=O)c1sc2ccc(C(F)(F)F)cc2c1N. The highest BCUT2D eigenvalue weighted by molar-refractivity contribution is 7.21. The lowest BCUT2D eigenvalue weighted by molar-refractivity contribution is -0.137. The molecule has 0 bridgehead atoms. The van der Waals surface area contributed by atoms with Crippen molar-refractivity contribution in [2.24, 2.45) is 0 Å². The number of amides is 1. The quantitative estimate of drug-likeness (QED) is 0.840. The average molecular weight is 274 g/mol. The maximum Gasteiger partial charge on any atom is 0.416 e. The summed E-state index contributed by atoms with van der Waals surface area (Å²) >= 11 is 1.07. The Morgan fingerprint density at radius 2 is 2.06 bits per heavy atom. The zero-order valence-corrected chi connectivity index (χ0v) is 10.1. The van der Waals surface area contributed by atoms with E-state index in [4.69, 9.17) is 5.73 Å². The van der Waals surface area contributed by atoms with Crippen molar-refractivity contribution in [1.29, 1.82) is 0 Å². The number of benzene rings is 1. The minimum absolute atomic E-state index is 0.0838. The summed E-state index contributed by atoms with van der Waals surface area (Å²) in [7, 11) is 1.44. The summed E-state index contributed by atoms with van der Waals surface area (Å²) < 4.78 is 38.2. The minimum atomic E-state index is -4.42. The smallest absolute Gasteiger partial charge is 0.397 e. The van der Waals surface area contributed by atoms with Gasteiger partial charge in [0, 0.05) is 17.1 Å². The van der Waals surface area contributed by atoms with Gasteiger partial charge in [-0.3, -0.25) is 4.79 Å². The molecule has 3 nitrogen and oxygen atoms in total. The molecule has 3 N–H and O–H groups in total. The lowest BCUT2D eigenvalue weighted by atomic mass is 10.1. The lowest BCUT2D eigenvalue weighted by Gasteiger charge is -2.06. The molecule has 18 heavy (non-hydrogen) atoms. The average Bonchev–Trinajstić information content (AvgIpc) is 2.64. The van der Waals surface area contributed by atoms with E-state index in [1.807, 2.05) is 0 Å². The molecular weight excluding hydrogens is 265 g/mol. The van der Waals surface area contributed by atoms with E-state index in [0.717, 1.165) is 23.5 Å². The van der Waals surface area contributed by atoms with Gasteiger partial charge in [0.15, 0.2) is 0 Å². The van der Waals surface area contributed by atoms with Crippen LogP contribution in [-0.2, 0) is 6.18 Å². The fraction of sp³-hybridized carbons (Fsp3) is 0.182. The molecule has 0 aliphatic rings. The molecule has 1 aromatic carbocycles. The minimum Gasteiger partial charge on any atom is -0.397 e. The van der Waals surface area contributed by atoms with Gasteiger partial charge in [-0.25, -0.2) is 0 Å². The van der Waals surface area contributed by atoms with Gasteiger partial charge in [-0.1, -0.05) is 0 Å². The van der Waals surface area contributed by atoms with Crippen LogP contribution >= 0.6 is 11.3 Å². The number of hydrogen-bond acceptors (Lipinski definition) is 3. The fourth-order valence-corrected chi connectivity index (χ4v) is 2.62. The third-order valence-corrected chi connectivity index (χ3v) is 3.67. The topological polar surface area (TPSA) is 55.1 Å². The first-order chi connectivity index (χ1) is 8.34. The van der Waals surface area contributed by atoms with Crippen LogP contribution in [0.15, 0.2) is 18.2 Å². The molecule has 2 rings (SSSR count). The van der Waals surface area contributed by atoms with Crippen molar-refractivity contribution < 1.29 is 18.0 Å². The van der Waals surface area contributed by atoms with E-state index in [1.54, 1.807) is 0 Å². The number of nitrogen functional groups attached to an aromatic ring is 1. The normalized spacial score (nSPS) is 11.8. The van der Waals surface area contributed by atoms with Gasteiger partial charge in [0.05, 0.1) is 11.3 Å². The molecule has 0 saturated carbocycles. The molecule has 1 heterocycles. The summed E-state index contributed by atoms with van der Waals surface area (Å²) in [6.45, 7) is 0. The van der Waals surface area contributed by atoms with E-state index < -0.39 is 17.6 Å². The second kappa shape index (κ2) is 4.16. The zero-order valence-electron chi connectivity index (χ0n) is 9.26. The van der Waals surface area contributed by atoms with E-state index in [1.165, 1.54) is 13.1 Å². The second-order valence-corrected chi connectivity index (χ2v) is 4.68. The number of anilines is 1. The highest BCUT2D eigenvalue weighted by atomic mass is 32.1. The van der Waals surface area contributed by atoms with Gasteiger partial charge >= 0.3 is 6.18 Å². The molecule has 0 aliphatic carbocycles. The highest BCUT2D eigenvalue weighted by Crippen LogP contribution is 2.38. The van der Waals surface area contributed by atoms with Crippen LogP contribution in [0.2, 0.25) is 0 Å². The molecule has 0 atom stereocenters. The number of carbonyl (C=O) groups is 1. The molecule has 7 heteroatoms. The van der Waals surface area contributed by atoms with Crippen LogP contribution in [0.3, 0.4) is 0 Å². The number of nitrogens with one attached hydrogen (secondary N) is 1. The van der Waals surface area contributed by atoms with Gasteiger partial charge in [0.25, 0.3) is 5.91 Å². The van der Waals surface area contributed by atoms with Crippen molar-refractivity contribution in [3.8, 4) is 0 Å². The molecule has 0 fully saturated rings. The standard InChI is InChI=1S/C11H9F3N2OS/c1-16-10(17)9-8(15)6-4-5(11(12,13)14)2-3-7(6)18-9/h2-4H,15H2,1H3,(H,16,17). The summed E-state index contributed by atoms with van der Waals surface area (Å²) in [4.78, 5) is 11.7. The molecule has 1 aromatic heterocycles. The van der Waals surface area contributed by atoms with E-state index in [0.29, 0.717) is 4.70 Å². The Morgan fingerprint density at radius 1 is 1.39 bits per heavy atom. The predicted molar refractivity (Wildman–Crippen MR) is 64.6 cm³/mol. The van der Waals surface area contributed by atoms with Crippen molar-refractivity contribution in [1.82, 2.24) is 5.32 Å². The molecule has 0 unspecified atom stereocenters. The monoisotopic (exact) mass is 274 g/mol. The molecule has 0 radical (unpaired) electrons. The second-order valence-electron chi connectivity index (χ2n) is 3.63. The van der Waals surface area contributed by atoms with E-state index >= 15 is 0 Å². The summed E-state index contributed by atoms with van der Waals surface area (Å²) in [6, 6.07) is 3.27. The van der Waals surface area contributed by atoms with Crippen molar-refractivity contribution in [3.63, 3.8) is 0 Å². The van der Waals surface area contributed by atoms with Crippen molar-refractivity contribution in [2.45, 2.75) is 6.18 Å². The number of hydrogen-bond donors (Lipinski definition) is 2. The van der Waals surface area contributed by atoms with Crippen LogP contribution in [-0.4, -0.2) is 13.0 Å². The molecule has 0 saturated heterocycles. The summed E-state index contributed by atoms with van der Waals surface area (Å²) in [5.74, 6) is -0.401. The third-order valence-electron chi connectivity index (χ3n) is 2.49. The number of carbonyl (C=O) groups excluding carboxylic acids is 1. The number of halogens is 3. The number of thiophene rings is 1. The van der Waals surface area contributed by atoms with Crippen LogP contribution in [0.1, 0.15) is 15.2 Å². The Balaban J connectivity index is 2.64. The van der Waals surface area contributed by atoms with Crippen molar-refractivity contribution in [3.05, 3.63) is 28.6 Å². The van der Waals surface area contributed by atoms with E-state index in [2.05, 4.69) is 5.32 Å². The number of rotatable bonds is 1. The van der Waals surface area contributed by atoms with Gasteiger partial charge in [0.1, 0.15) is 4.88 Å². The van der Waals surface area contributed by atoms with Crippen molar-refractivity contribution in [2.75, 3.05) is 12.8 Å². The molecule has 96 valence electrons. The van der Waals surface area contributed by atoms with Crippen LogP contribution < -0.4 is 11.1 Å². The molecule has 0 aliphatic heterocycles. The first-order valence-corrected chi connectivity index (χ1v) is 5.77. The van der Waals surface area contributed by atoms with Crippen LogP contribution in [0.4, 0.5) is 18.9 Å². The summed E-state index contributed by atoms with van der Waals surface area (Å²) in [5.41, 5.74) is 5.02. The maximum atomic E-state index is 12.6. The van der Waals surface area contributed by atoms with E-state index in [-0.39, 0.29) is 16.0 Å². The Morgan fingerprint density at radius 3 is 2.61 bits per heavy atom. The van der Waals surface area contributed by atoms with Crippen LogP contribution in [0.5, 0.6) is 0 Å². The third kappa shape index (κ3) is 2.01. The Labute approximate surface area is 104 Å². The molecule has 1 amide bonds. The summed E-state index contributed by atoms with van der Waals surface area (Å²) in [6.07, 6.45) is -4.42. The Bertz CT molecular complexity index is 619. The van der Waals surface area contributed by atoms with Gasteiger partial charge in [-0.2, -0.15) is 13.2 Å². The largest absolute Gasteiger partial charge is 0.416 e. The van der Waals surface area contributed by atoms with Crippen molar-refractivity contribution >= 4 is 33.0 Å². The van der Waals surface area contributed by atoms with Crippen LogP contribution in [0.25, 0.3) is 10.1 Å². The Hall–Kier alpha value is -1.76. The van der Waals surface area contributed by atoms with Crippen LogP contribution in [0, 0.1) is 0 Å². The Kier molecular flexibility index (Phi) is 2.94. The van der Waals surface area contributed by atoms with Gasteiger partial charge < -0.3 is 11.1 Å². The predicted octanol–water partition coefficient (Wildman–Crippen LogP) is 2.86. The lowest BCUT2D eigenvalue weighted by Crippen LogP contribution is -2.17. The highest BCUT2D eigenvalue weighted by Gasteiger charge is 2.31. The first-order valence-electron chi connectivity index (χ1n) is 4.96. The molecular formula is C11H9F3N2OS. The number of alkyl halides is 3. The summed E-state index contributed by atoms with van der Waals surface area (Å²) in [5, 5.41) is 2.65. The van der Waals surface area contributed by atoms with E-state index in [9.17, 15) is 18.0 Å². The molecule has 0 spiro atoms.